The SMILES string of the molecule is CC.CC.CC.CC.CC.CC.CC.CC.CC.CC.CC.Cc1ccccc1.Cc1ccccn1.Cc1cccnc1.Cc1cccnn1.Cc1ccncc1.Cc1ccncn1.Cc1cnccn1.Cc1cnccn1.Cc1cncnc1.Cc1cncnn1.Cc1nccnn1. The molecule has 10 heterocycles. The van der Waals surface area contributed by atoms with Crippen LogP contribution in [0, 0.1) is 76.2 Å². The second-order valence-corrected chi connectivity index (χ2v) is 15.4. The van der Waals surface area contributed by atoms with E-state index in [9.17, 15) is 0 Å². The molecule has 0 unspecified atom stereocenters. The van der Waals surface area contributed by atoms with Gasteiger partial charge in [0.05, 0.1) is 35.2 Å². The average molecular weight is 1360 g/mol. The topological polar surface area (TPSA) is 245 Å². The Bertz CT molecular complexity index is 2210. The summed E-state index contributed by atoms with van der Waals surface area (Å²) in [6.07, 6.45) is 35.3. The summed E-state index contributed by atoms with van der Waals surface area (Å²) in [6.45, 7) is 65.4. The van der Waals surface area contributed by atoms with Crippen LogP contribution < -0.4 is 0 Å². The van der Waals surface area contributed by atoms with Crippen LogP contribution in [0.2, 0.25) is 0 Å². The summed E-state index contributed by atoms with van der Waals surface area (Å²) >= 11 is 0. The number of hydrogen-bond acceptors (Lipinski definition) is 19. The van der Waals surface area contributed by atoms with Crippen LogP contribution in [0.1, 0.15) is 215 Å². The number of aromatic nitrogens is 19. The van der Waals surface area contributed by atoms with E-state index < -0.39 is 0 Å². The molecule has 0 N–H and O–H groups in total. The van der Waals surface area contributed by atoms with Gasteiger partial charge >= 0.3 is 0 Å². The van der Waals surface area contributed by atoms with Crippen molar-refractivity contribution < 1.29 is 0 Å². The van der Waals surface area contributed by atoms with Crippen molar-refractivity contribution in [3.8, 4) is 0 Å². The fourth-order valence-corrected chi connectivity index (χ4v) is 4.34. The van der Waals surface area contributed by atoms with Gasteiger partial charge < -0.3 is 0 Å². The molecule has 0 aliphatic carbocycles. The number of pyridine rings is 3. The Hall–Kier alpha value is -9.91. The Kier molecular flexibility index (Phi) is 125. The van der Waals surface area contributed by atoms with Gasteiger partial charge in [0.1, 0.15) is 24.8 Å². The lowest BCUT2D eigenvalue weighted by molar-refractivity contribution is 0.907. The molecule has 0 amide bonds. The van der Waals surface area contributed by atoms with Gasteiger partial charge in [-0.3, -0.25) is 34.9 Å². The second-order valence-electron chi connectivity index (χ2n) is 15.4. The molecule has 99 heavy (non-hydrogen) atoms. The predicted octanol–water partition coefficient (Wildman–Crippen LogP) is 21.7. The van der Waals surface area contributed by atoms with E-state index in [1.54, 1.807) is 112 Å². The van der Waals surface area contributed by atoms with Crippen molar-refractivity contribution in [2.24, 2.45) is 0 Å². The molecular weight excluding hydrogens is 1230 g/mol. The molecule has 11 aromatic rings. The van der Waals surface area contributed by atoms with Crippen LogP contribution in [0.4, 0.5) is 0 Å². The highest BCUT2D eigenvalue weighted by Gasteiger charge is 1.81. The van der Waals surface area contributed by atoms with E-state index in [4.69, 9.17) is 0 Å². The minimum Gasteiger partial charge on any atom is -0.265 e. The van der Waals surface area contributed by atoms with Gasteiger partial charge in [-0.15, -0.1) is 10.2 Å². The molecule has 1 aromatic carbocycles. The van der Waals surface area contributed by atoms with Crippen molar-refractivity contribution in [2.75, 3.05) is 0 Å². The van der Waals surface area contributed by atoms with E-state index in [1.165, 1.54) is 35.7 Å². The van der Waals surface area contributed by atoms with Crippen LogP contribution >= 0.6 is 0 Å². The first kappa shape index (κ1) is 113. The van der Waals surface area contributed by atoms with Gasteiger partial charge in [0.2, 0.25) is 0 Å². The Morgan fingerprint density at radius 1 is 0.182 bits per heavy atom. The Morgan fingerprint density at radius 3 is 0.778 bits per heavy atom. The molecular formula is C80H135N19. The first-order valence-corrected chi connectivity index (χ1v) is 34.8. The smallest absolute Gasteiger partial charge is 0.147 e. The molecule has 0 radical (unpaired) electrons. The summed E-state index contributed by atoms with van der Waals surface area (Å²) in [6, 6.07) is 29.6. The summed E-state index contributed by atoms with van der Waals surface area (Å²) in [7, 11) is 0. The Labute approximate surface area is 604 Å². The summed E-state index contributed by atoms with van der Waals surface area (Å²) in [5.41, 5.74) is 10.7. The zero-order chi connectivity index (χ0) is 78.2. The first-order valence-electron chi connectivity index (χ1n) is 34.8. The summed E-state index contributed by atoms with van der Waals surface area (Å²) in [4.78, 5) is 49.9. The second kappa shape index (κ2) is 110. The van der Waals surface area contributed by atoms with Gasteiger partial charge in [0.25, 0.3) is 0 Å². The Morgan fingerprint density at radius 2 is 0.576 bits per heavy atom. The fourth-order valence-electron chi connectivity index (χ4n) is 4.34. The lowest BCUT2D eigenvalue weighted by Gasteiger charge is -1.82. The van der Waals surface area contributed by atoms with Crippen LogP contribution in [0.25, 0.3) is 0 Å². The van der Waals surface area contributed by atoms with E-state index in [0.717, 1.165) is 39.7 Å². The molecule has 0 spiro atoms. The third-order valence-electron chi connectivity index (χ3n) is 8.11. The zero-order valence-corrected chi connectivity index (χ0v) is 67.8. The van der Waals surface area contributed by atoms with Gasteiger partial charge in [-0.05, 0) is 141 Å². The van der Waals surface area contributed by atoms with Crippen LogP contribution in [0.3, 0.4) is 0 Å². The van der Waals surface area contributed by atoms with E-state index >= 15 is 0 Å². The molecule has 550 valence electrons. The van der Waals surface area contributed by atoms with Crippen LogP contribution in [0.5, 0.6) is 0 Å². The predicted molar refractivity (Wildman–Crippen MR) is 426 cm³/mol. The molecule has 0 bridgehead atoms. The number of benzene rings is 1. The lowest BCUT2D eigenvalue weighted by atomic mass is 10.2. The van der Waals surface area contributed by atoms with Crippen LogP contribution in [0.15, 0.2) is 222 Å². The minimum absolute atomic E-state index is 0.711. The molecule has 19 heteroatoms. The van der Waals surface area contributed by atoms with Crippen LogP contribution in [-0.4, -0.2) is 95.4 Å². The summed E-state index contributed by atoms with van der Waals surface area (Å²) in [5, 5.41) is 21.7. The number of nitrogens with zero attached hydrogens (tertiary/aromatic N) is 19. The highest BCUT2D eigenvalue weighted by molar-refractivity contribution is 5.12. The maximum absolute atomic E-state index is 3.98. The normalized spacial score (nSPS) is 7.44. The van der Waals surface area contributed by atoms with Gasteiger partial charge in [-0.1, -0.05) is 200 Å². The molecule has 0 aliphatic rings. The number of aryl methyl sites for hydroxylation is 11. The maximum atomic E-state index is 3.98. The Balaban J connectivity index is -0.0000000929. The molecule has 0 saturated carbocycles. The monoisotopic (exact) mass is 1360 g/mol. The van der Waals surface area contributed by atoms with Crippen molar-refractivity contribution >= 4 is 0 Å². The molecule has 0 aliphatic heterocycles. The minimum atomic E-state index is 0.711. The van der Waals surface area contributed by atoms with Crippen molar-refractivity contribution in [3.63, 3.8) is 0 Å². The highest BCUT2D eigenvalue weighted by Crippen LogP contribution is 1.93. The largest absolute Gasteiger partial charge is 0.265 e. The molecule has 19 nitrogen and oxygen atoms in total. The number of hydrogen-bond donors (Lipinski definition) is 0. The van der Waals surface area contributed by atoms with Gasteiger partial charge in [-0.2, -0.15) is 20.4 Å². The fraction of sp³-hybridized carbons (Fsp3) is 0.412. The maximum Gasteiger partial charge on any atom is 0.147 e. The van der Waals surface area contributed by atoms with Crippen LogP contribution in [-0.2, 0) is 0 Å². The van der Waals surface area contributed by atoms with Gasteiger partial charge in [0.15, 0.2) is 0 Å². The average Bonchev–Trinajstić information content (AvgIpc) is 3.72. The third kappa shape index (κ3) is 107. The van der Waals surface area contributed by atoms with E-state index in [1.807, 2.05) is 300 Å². The zero-order valence-electron chi connectivity index (χ0n) is 67.8. The van der Waals surface area contributed by atoms with Crippen molar-refractivity contribution in [1.29, 1.82) is 0 Å². The van der Waals surface area contributed by atoms with E-state index in [2.05, 4.69) is 114 Å². The molecule has 0 fully saturated rings. The molecule has 0 atom stereocenters. The van der Waals surface area contributed by atoms with E-state index in [0.29, 0.717) is 5.82 Å². The standard InChI is InChI=1S/C7H8.3C6H7N.5C5H6N2.2C4H5N3.11C2H6/c1-7-5-3-2-4-6-7;1-6-2-4-7-5-3-6;1-6-3-2-4-7-5-6;1-6-4-2-3-5-7-6;1-5-2-6-4-7-3-5;2*1-5-4-6-2-3-7-5;1-5-2-3-6-4-7-5;1-5-3-2-4-6-7-5;1-4-2-5-3-6-7-4;1-4-5-2-3-6-7-4;11*1-2/h2-6H,1H3;3*2-5H,1H3;5*2-4H,1H3;2*2-3H,1H3;11*1-2H3. The van der Waals surface area contributed by atoms with Crippen molar-refractivity contribution in [3.05, 3.63) is 284 Å². The summed E-state index contributed by atoms with van der Waals surface area (Å²) in [5.74, 6) is 0.711. The molecule has 11 rings (SSSR count). The van der Waals surface area contributed by atoms with Gasteiger partial charge in [0, 0.05) is 111 Å². The van der Waals surface area contributed by atoms with Crippen molar-refractivity contribution in [2.45, 2.75) is 228 Å². The summed E-state index contributed by atoms with van der Waals surface area (Å²) < 4.78 is 0. The van der Waals surface area contributed by atoms with Crippen molar-refractivity contribution in [1.82, 2.24) is 95.4 Å². The lowest BCUT2D eigenvalue weighted by Crippen LogP contribution is -1.85. The van der Waals surface area contributed by atoms with E-state index in [-0.39, 0.29) is 0 Å². The molecule has 10 aromatic heterocycles. The third-order valence-corrected chi connectivity index (χ3v) is 8.11. The molecule has 0 saturated heterocycles. The van der Waals surface area contributed by atoms with Gasteiger partial charge in [-0.25, -0.2) is 29.9 Å². The number of rotatable bonds is 0. The first-order chi connectivity index (χ1) is 48.3. The quantitative estimate of drug-likeness (QED) is 0.137. The highest BCUT2D eigenvalue weighted by atomic mass is 15.1.